The van der Waals surface area contributed by atoms with Gasteiger partial charge in [-0.25, -0.2) is 0 Å². The molecule has 5 N–H and O–H groups in total. The van der Waals surface area contributed by atoms with E-state index in [1.807, 2.05) is 13.8 Å². The number of hydrogen-bond acceptors (Lipinski definition) is 8. The molecule has 2 atom stereocenters. The van der Waals surface area contributed by atoms with Gasteiger partial charge in [-0.15, -0.1) is 10.2 Å². The van der Waals surface area contributed by atoms with Gasteiger partial charge in [0, 0.05) is 17.7 Å². The van der Waals surface area contributed by atoms with E-state index in [9.17, 15) is 5.11 Å². The Morgan fingerprint density at radius 3 is 2.43 bits per heavy atom. The molecule has 3 rings (SSSR count). The molecule has 1 heterocycles. The number of nitrogens with two attached hydrogens (primary N) is 1. The van der Waals surface area contributed by atoms with Gasteiger partial charge in [-0.2, -0.15) is 0 Å². The Balaban J connectivity index is 0.000000921. The van der Waals surface area contributed by atoms with E-state index in [4.69, 9.17) is 32.1 Å². The number of rotatable bonds is 5. The lowest BCUT2D eigenvalue weighted by Crippen LogP contribution is -2.13. The maximum atomic E-state index is 9.46. The minimum atomic E-state index is -0.552. The monoisotopic (exact) mass is 443 g/mol. The lowest BCUT2D eigenvalue weighted by atomic mass is 10.2. The average molecular weight is 444 g/mol. The van der Waals surface area contributed by atoms with Crippen LogP contribution in [0.25, 0.3) is 10.6 Å². The summed E-state index contributed by atoms with van der Waals surface area (Å²) in [7, 11) is 1.42. The second-order valence-electron chi connectivity index (χ2n) is 4.98. The van der Waals surface area contributed by atoms with E-state index in [1.54, 1.807) is 36.4 Å². The fraction of sp³-hybridized carbons (Fsp3) is 0.222. The largest absolute Gasteiger partial charge is 0.508 e. The summed E-state index contributed by atoms with van der Waals surface area (Å²) >= 11 is 7.59. The maximum Gasteiger partial charge on any atom is 0.149 e. The summed E-state index contributed by atoms with van der Waals surface area (Å²) in [5.74, 6) is 1.16. The van der Waals surface area contributed by atoms with Gasteiger partial charge in [0.1, 0.15) is 27.3 Å². The minimum Gasteiger partial charge on any atom is -0.508 e. The number of phenolic OH excluding ortho intramolecular Hbond substituents is 1. The van der Waals surface area contributed by atoms with Crippen molar-refractivity contribution >= 4 is 32.4 Å². The molecule has 1 unspecified atom stereocenters. The molecule has 10 heteroatoms. The van der Waals surface area contributed by atoms with E-state index >= 15 is 0 Å². The number of halogens is 1. The summed E-state index contributed by atoms with van der Waals surface area (Å²) in [5.41, 5.74) is 6.43. The van der Waals surface area contributed by atoms with Gasteiger partial charge in [0.05, 0.1) is 17.7 Å². The second-order valence-corrected chi connectivity index (χ2v) is 6.39. The first-order valence-corrected chi connectivity index (χ1v) is 10.0. The molecule has 0 saturated carbocycles. The number of hydrogen-bond donors (Lipinski definition) is 4. The summed E-state index contributed by atoms with van der Waals surface area (Å²) in [6, 6.07) is 11.1. The number of aliphatic hydroxyl groups excluding tert-OH is 1. The van der Waals surface area contributed by atoms with E-state index in [0.717, 1.165) is 0 Å². The van der Waals surface area contributed by atoms with Gasteiger partial charge in [0.2, 0.25) is 0 Å². The Morgan fingerprint density at radius 1 is 1.14 bits per heavy atom. The zero-order chi connectivity index (χ0) is 21.1. The molecule has 0 aliphatic rings. The molecule has 0 spiro atoms. The number of aromatic hydroxyl groups is 1. The molecule has 3 aromatic rings. The van der Waals surface area contributed by atoms with Gasteiger partial charge in [0.25, 0.3) is 0 Å². The number of nitrogens with zero attached hydrogens (tertiary/aromatic N) is 2. The van der Waals surface area contributed by atoms with E-state index in [2.05, 4.69) is 10.2 Å². The van der Waals surface area contributed by atoms with Crippen LogP contribution in [-0.2, 0) is 0 Å². The van der Waals surface area contributed by atoms with Crippen molar-refractivity contribution in [1.82, 2.24) is 10.2 Å². The van der Waals surface area contributed by atoms with Gasteiger partial charge < -0.3 is 25.6 Å². The highest BCUT2D eigenvalue weighted by molar-refractivity contribution is 7.14. The van der Waals surface area contributed by atoms with Gasteiger partial charge in [-0.05, 0) is 33.7 Å². The van der Waals surface area contributed by atoms with Crippen LogP contribution in [0.2, 0.25) is 5.02 Å². The Bertz CT molecular complexity index is 866. The first-order valence-electron chi connectivity index (χ1n) is 8.29. The molecular formula is C18H23ClN3O4PS. The molecule has 2 aromatic carbocycles. The first-order chi connectivity index (χ1) is 13.6. The molecule has 0 amide bonds. The van der Waals surface area contributed by atoms with Crippen LogP contribution in [0.15, 0.2) is 42.5 Å². The predicted octanol–water partition coefficient (Wildman–Crippen LogP) is 4.14. The Hall–Kier alpha value is -1.80. The third kappa shape index (κ3) is 6.67. The lowest BCUT2D eigenvalue weighted by Gasteiger charge is -2.08. The third-order valence-corrected chi connectivity index (χ3v) is 4.58. The van der Waals surface area contributed by atoms with E-state index in [0.29, 0.717) is 32.1 Å². The molecule has 0 fully saturated rings. The Labute approximate surface area is 175 Å². The number of benzene rings is 2. The molecule has 1 aromatic heterocycles. The summed E-state index contributed by atoms with van der Waals surface area (Å²) in [6.07, 6.45) is 0. The molecule has 0 bridgehead atoms. The molecule has 7 nitrogen and oxygen atoms in total. The van der Waals surface area contributed by atoms with Gasteiger partial charge in [-0.3, -0.25) is 0 Å². The Morgan fingerprint density at radius 2 is 1.82 bits per heavy atom. The van der Waals surface area contributed by atoms with Crippen molar-refractivity contribution in [3.05, 3.63) is 52.5 Å². The molecule has 28 heavy (non-hydrogen) atoms. The third-order valence-electron chi connectivity index (χ3n) is 3.18. The van der Waals surface area contributed by atoms with Crippen LogP contribution in [0, 0.1) is 0 Å². The van der Waals surface area contributed by atoms with Crippen molar-refractivity contribution in [2.75, 3.05) is 6.61 Å². The van der Waals surface area contributed by atoms with Crippen LogP contribution in [0.5, 0.6) is 17.2 Å². The van der Waals surface area contributed by atoms with E-state index in [1.165, 1.54) is 26.9 Å². The molecular weight excluding hydrogens is 421 g/mol. The standard InChI is InChI=1S/C16H14ClN3O3S.C2H6.H3OP/c17-13-7-11(23-10-3-1-2-9(22)6-10)4-5-12(13)15-19-20-16(24-15)14(18)8-21;2*1-2/h1-7,14,21-22H,8,18H2;1-2H3;1H,2H2/t14-;;/m0../s1. The SMILES string of the molecule is CC.N[C@@H](CO)c1nnc(-c2ccc(Oc3cccc(O)c3)cc2Cl)s1.OP. The number of aromatic nitrogens is 2. The number of aliphatic hydroxyl groups is 1. The number of ether oxygens (including phenoxy) is 1. The minimum absolute atomic E-state index is 0.122. The highest BCUT2D eigenvalue weighted by Gasteiger charge is 2.15. The topological polar surface area (TPSA) is 122 Å². The molecule has 0 aliphatic heterocycles. The normalized spacial score (nSPS) is 10.8. The van der Waals surface area contributed by atoms with Crippen LogP contribution in [-0.4, -0.2) is 31.9 Å². The molecule has 0 saturated heterocycles. The highest BCUT2D eigenvalue weighted by atomic mass is 35.5. The van der Waals surface area contributed by atoms with Crippen LogP contribution in [0.4, 0.5) is 0 Å². The zero-order valence-corrected chi connectivity index (χ0v) is 18.1. The van der Waals surface area contributed by atoms with Crippen LogP contribution >= 0.6 is 32.4 Å². The van der Waals surface area contributed by atoms with Crippen molar-refractivity contribution in [2.24, 2.45) is 5.73 Å². The molecule has 0 aliphatic carbocycles. The fourth-order valence-corrected chi connectivity index (χ4v) is 3.18. The van der Waals surface area contributed by atoms with Crippen LogP contribution in [0.1, 0.15) is 24.9 Å². The highest BCUT2D eigenvalue weighted by Crippen LogP contribution is 2.35. The van der Waals surface area contributed by atoms with Crippen LogP contribution in [0.3, 0.4) is 0 Å². The molecule has 152 valence electrons. The van der Waals surface area contributed by atoms with Crippen molar-refractivity contribution in [2.45, 2.75) is 19.9 Å². The smallest absolute Gasteiger partial charge is 0.149 e. The average Bonchev–Trinajstić information content (AvgIpc) is 3.20. The molecule has 0 radical (unpaired) electrons. The summed E-state index contributed by atoms with van der Waals surface area (Å²) in [6.45, 7) is 3.80. The number of phenols is 1. The van der Waals surface area contributed by atoms with Crippen LogP contribution < -0.4 is 10.5 Å². The second kappa shape index (κ2) is 12.6. The van der Waals surface area contributed by atoms with Crippen molar-refractivity contribution in [3.63, 3.8) is 0 Å². The zero-order valence-electron chi connectivity index (χ0n) is 15.4. The quantitative estimate of drug-likeness (QED) is 0.437. The van der Waals surface area contributed by atoms with Gasteiger partial charge in [-0.1, -0.05) is 42.9 Å². The fourth-order valence-electron chi connectivity index (χ4n) is 1.99. The van der Waals surface area contributed by atoms with Gasteiger partial charge in [0.15, 0.2) is 0 Å². The summed E-state index contributed by atoms with van der Waals surface area (Å²) < 4.78 is 5.66. The summed E-state index contributed by atoms with van der Waals surface area (Å²) in [5, 5.41) is 28.2. The van der Waals surface area contributed by atoms with E-state index in [-0.39, 0.29) is 12.4 Å². The lowest BCUT2D eigenvalue weighted by molar-refractivity contribution is 0.267. The first kappa shape index (κ1) is 24.2. The van der Waals surface area contributed by atoms with Crippen molar-refractivity contribution in [1.29, 1.82) is 0 Å². The van der Waals surface area contributed by atoms with Crippen molar-refractivity contribution in [3.8, 4) is 27.8 Å². The van der Waals surface area contributed by atoms with Gasteiger partial charge >= 0.3 is 0 Å². The Kier molecular flexibility index (Phi) is 10.9. The maximum absolute atomic E-state index is 9.46. The van der Waals surface area contributed by atoms with Crippen molar-refractivity contribution < 1.29 is 19.8 Å². The van der Waals surface area contributed by atoms with E-state index < -0.39 is 6.04 Å². The summed E-state index contributed by atoms with van der Waals surface area (Å²) in [4.78, 5) is 6.92. The predicted molar refractivity (Wildman–Crippen MR) is 116 cm³/mol.